The maximum Gasteiger partial charge on any atom is 0.306 e. The number of hydrogen-bond donors (Lipinski definition) is 0. The van der Waals surface area contributed by atoms with Gasteiger partial charge in [-0.3, -0.25) is 9.59 Å². The highest BCUT2D eigenvalue weighted by molar-refractivity contribution is 5.70. The molecule has 0 aromatic heterocycles. The lowest BCUT2D eigenvalue weighted by Gasteiger charge is -2.34. The quantitative estimate of drug-likeness (QED) is 0.0305. The molecule has 0 radical (unpaired) electrons. The van der Waals surface area contributed by atoms with Crippen LogP contribution in [-0.2, 0) is 28.6 Å². The number of esters is 2. The van der Waals surface area contributed by atoms with Crippen LogP contribution in [0.3, 0.4) is 0 Å². The summed E-state index contributed by atoms with van der Waals surface area (Å²) in [6, 6.07) is -0.735. The van der Waals surface area contributed by atoms with Gasteiger partial charge in [-0.25, -0.2) is 0 Å². The highest BCUT2D eigenvalue weighted by Crippen LogP contribution is 2.13. The molecule has 2 unspecified atom stereocenters. The van der Waals surface area contributed by atoms with E-state index in [0.717, 1.165) is 32.1 Å². The van der Waals surface area contributed by atoms with E-state index in [9.17, 15) is 19.5 Å². The minimum Gasteiger partial charge on any atom is -0.544 e. The van der Waals surface area contributed by atoms with E-state index in [4.69, 9.17) is 14.2 Å². The third kappa shape index (κ3) is 30.8. The van der Waals surface area contributed by atoms with Crippen LogP contribution in [0.25, 0.3) is 0 Å². The second kappa shape index (κ2) is 32.2. The van der Waals surface area contributed by atoms with Crippen molar-refractivity contribution in [3.05, 3.63) is 60.8 Å². The van der Waals surface area contributed by atoms with E-state index < -0.39 is 18.1 Å². The van der Waals surface area contributed by atoms with Crippen molar-refractivity contribution in [2.45, 2.75) is 142 Å². The largest absolute Gasteiger partial charge is 0.544 e. The number of hydrogen-bond acceptors (Lipinski definition) is 7. The molecular formula is C41H69NO7. The molecule has 0 aromatic carbocycles. The van der Waals surface area contributed by atoms with Gasteiger partial charge in [0.25, 0.3) is 0 Å². The molecule has 0 fully saturated rings. The Kier molecular flexibility index (Phi) is 30.3. The zero-order chi connectivity index (χ0) is 36.4. The molecule has 0 rings (SSSR count). The fraction of sp³-hybridized carbons (Fsp3) is 0.683. The van der Waals surface area contributed by atoms with E-state index in [0.29, 0.717) is 12.8 Å². The van der Waals surface area contributed by atoms with Crippen LogP contribution in [-0.4, -0.2) is 75.5 Å². The van der Waals surface area contributed by atoms with Gasteiger partial charge in [-0.1, -0.05) is 145 Å². The molecule has 0 aromatic rings. The first kappa shape index (κ1) is 46.0. The third-order valence-electron chi connectivity index (χ3n) is 8.05. The van der Waals surface area contributed by atoms with Crippen LogP contribution in [0.5, 0.6) is 0 Å². The second-order valence-corrected chi connectivity index (χ2v) is 13.6. The van der Waals surface area contributed by atoms with Crippen LogP contribution in [0.1, 0.15) is 129 Å². The lowest BCUT2D eigenvalue weighted by Crippen LogP contribution is -2.55. The molecular weight excluding hydrogens is 618 g/mol. The van der Waals surface area contributed by atoms with Crippen LogP contribution >= 0.6 is 0 Å². The zero-order valence-corrected chi connectivity index (χ0v) is 31.6. The lowest BCUT2D eigenvalue weighted by atomic mass is 10.0. The fourth-order valence-corrected chi connectivity index (χ4v) is 5.10. The first-order valence-corrected chi connectivity index (χ1v) is 18.9. The Balaban J connectivity index is 4.56. The van der Waals surface area contributed by atoms with Crippen molar-refractivity contribution in [3.8, 4) is 0 Å². The molecule has 0 heterocycles. The van der Waals surface area contributed by atoms with Crippen LogP contribution in [0.4, 0.5) is 0 Å². The summed E-state index contributed by atoms with van der Waals surface area (Å²) < 4.78 is 17.0. The monoisotopic (exact) mass is 688 g/mol. The third-order valence-corrected chi connectivity index (χ3v) is 8.05. The summed E-state index contributed by atoms with van der Waals surface area (Å²) in [5, 5.41) is 11.6. The van der Waals surface area contributed by atoms with Crippen molar-refractivity contribution in [1.29, 1.82) is 0 Å². The van der Waals surface area contributed by atoms with Crippen molar-refractivity contribution in [1.82, 2.24) is 0 Å². The van der Waals surface area contributed by atoms with Crippen molar-refractivity contribution < 1.29 is 38.2 Å². The lowest BCUT2D eigenvalue weighted by molar-refractivity contribution is -0.889. The second-order valence-electron chi connectivity index (χ2n) is 13.6. The molecule has 49 heavy (non-hydrogen) atoms. The van der Waals surface area contributed by atoms with Crippen LogP contribution < -0.4 is 5.11 Å². The van der Waals surface area contributed by atoms with E-state index in [1.165, 1.54) is 57.8 Å². The number of aliphatic carboxylic acids is 1. The van der Waals surface area contributed by atoms with Crippen LogP contribution in [0.15, 0.2) is 60.8 Å². The topological polar surface area (TPSA) is 102 Å². The Morgan fingerprint density at radius 3 is 1.67 bits per heavy atom. The van der Waals surface area contributed by atoms with Gasteiger partial charge in [-0.2, -0.15) is 0 Å². The summed E-state index contributed by atoms with van der Waals surface area (Å²) in [5.41, 5.74) is 0. The number of rotatable bonds is 32. The minimum absolute atomic E-state index is 0.0170. The molecule has 2 atom stereocenters. The molecule has 0 aliphatic heterocycles. The highest BCUT2D eigenvalue weighted by atomic mass is 16.6. The molecule has 0 aliphatic carbocycles. The molecule has 0 bridgehead atoms. The molecule has 280 valence electrons. The maximum atomic E-state index is 12.6. The normalized spacial score (nSPS) is 13.7. The number of carboxylic acid groups (broad SMARTS) is 1. The Bertz CT molecular complexity index is 990. The predicted molar refractivity (Wildman–Crippen MR) is 199 cm³/mol. The van der Waals surface area contributed by atoms with E-state index >= 15 is 0 Å². The van der Waals surface area contributed by atoms with Crippen molar-refractivity contribution in [2.24, 2.45) is 0 Å². The number of likely N-dealkylation sites (N-methyl/N-ethyl adjacent to an activating group) is 1. The summed E-state index contributed by atoms with van der Waals surface area (Å²) >= 11 is 0. The number of carbonyl (C=O) groups excluding carboxylic acids is 3. The van der Waals surface area contributed by atoms with Crippen LogP contribution in [0.2, 0.25) is 0 Å². The predicted octanol–water partition coefficient (Wildman–Crippen LogP) is 8.13. The summed E-state index contributed by atoms with van der Waals surface area (Å²) in [6.07, 6.45) is 36.8. The molecule has 0 saturated heterocycles. The minimum atomic E-state index is -1.14. The van der Waals surface area contributed by atoms with Crippen molar-refractivity contribution in [2.75, 3.05) is 41.0 Å². The molecule has 0 amide bonds. The molecule has 0 saturated carbocycles. The van der Waals surface area contributed by atoms with Gasteiger partial charge in [0.1, 0.15) is 12.6 Å². The van der Waals surface area contributed by atoms with E-state index in [2.05, 4.69) is 19.9 Å². The average Bonchev–Trinajstić information content (AvgIpc) is 3.05. The number of quaternary nitrogens is 1. The Morgan fingerprint density at radius 2 is 1.14 bits per heavy atom. The van der Waals surface area contributed by atoms with Gasteiger partial charge in [-0.15, -0.1) is 0 Å². The summed E-state index contributed by atoms with van der Waals surface area (Å²) in [6.45, 7) is 4.41. The Morgan fingerprint density at radius 1 is 0.633 bits per heavy atom. The van der Waals surface area contributed by atoms with E-state index in [-0.39, 0.29) is 49.1 Å². The van der Waals surface area contributed by atoms with Gasteiger partial charge in [0.05, 0.1) is 40.3 Å². The number of carbonyl (C=O) groups is 3. The van der Waals surface area contributed by atoms with Gasteiger partial charge >= 0.3 is 11.9 Å². The van der Waals surface area contributed by atoms with Crippen molar-refractivity contribution in [3.63, 3.8) is 0 Å². The highest BCUT2D eigenvalue weighted by Gasteiger charge is 2.25. The first-order chi connectivity index (χ1) is 23.6. The number of carboxylic acids is 1. The zero-order valence-electron chi connectivity index (χ0n) is 31.6. The molecule has 0 aliphatic rings. The van der Waals surface area contributed by atoms with Gasteiger partial charge in [0.15, 0.2) is 6.10 Å². The van der Waals surface area contributed by atoms with Gasteiger partial charge in [-0.05, 0) is 25.7 Å². The standard InChI is InChI=1S/C41H69NO7/c1-6-8-10-12-14-16-18-20-22-23-25-27-29-31-39(43)48-36-37(35-47-34-33-38(41(45)46)42(3,4)5)49-40(44)32-30-28-26-24-21-19-17-15-13-11-9-7-2/h8,10,12,14,16,18,20,22-23,25,37-38H,6-7,9,11,13,15,17,19,21,24,26-36H2,1-5H3/b10-8+,14-12+,18-16+,22-20+,25-23+. The van der Waals surface area contributed by atoms with E-state index in [1.54, 1.807) is 21.1 Å². The smallest absolute Gasteiger partial charge is 0.306 e. The molecule has 8 nitrogen and oxygen atoms in total. The Labute approximate surface area is 298 Å². The molecule has 8 heteroatoms. The van der Waals surface area contributed by atoms with Crippen molar-refractivity contribution >= 4 is 17.9 Å². The Hall–Kier alpha value is -2.97. The number of nitrogens with zero attached hydrogens (tertiary/aromatic N) is 1. The fourth-order valence-electron chi connectivity index (χ4n) is 5.10. The number of ether oxygens (including phenoxy) is 3. The summed E-state index contributed by atoms with van der Waals surface area (Å²) in [4.78, 5) is 36.6. The average molecular weight is 688 g/mol. The molecule has 0 N–H and O–H groups in total. The maximum absolute atomic E-state index is 12.6. The molecule has 0 spiro atoms. The number of allylic oxidation sites excluding steroid dienone is 10. The number of unbranched alkanes of at least 4 members (excludes halogenated alkanes) is 12. The van der Waals surface area contributed by atoms with Gasteiger partial charge in [0.2, 0.25) is 0 Å². The summed E-state index contributed by atoms with van der Waals surface area (Å²) in [5.74, 6) is -1.84. The summed E-state index contributed by atoms with van der Waals surface area (Å²) in [7, 11) is 5.37. The van der Waals surface area contributed by atoms with Crippen LogP contribution in [0, 0.1) is 0 Å². The van der Waals surface area contributed by atoms with E-state index in [1.807, 2.05) is 54.7 Å². The van der Waals surface area contributed by atoms with Gasteiger partial charge in [0, 0.05) is 19.3 Å². The SMILES string of the molecule is CC/C=C/C=C/C=C/C=C/C=C/CCCC(=O)OCC(COCCC(C(=O)[O-])[N+](C)(C)C)OC(=O)CCCCCCCCCCCCCC. The van der Waals surface area contributed by atoms with Gasteiger partial charge < -0.3 is 28.6 Å². The first-order valence-electron chi connectivity index (χ1n) is 18.9.